The van der Waals surface area contributed by atoms with Crippen molar-refractivity contribution in [2.75, 3.05) is 6.26 Å². The van der Waals surface area contributed by atoms with Crippen LogP contribution in [0.4, 0.5) is 0 Å². The van der Waals surface area contributed by atoms with E-state index in [1.165, 1.54) is 15.7 Å². The summed E-state index contributed by atoms with van der Waals surface area (Å²) in [4.78, 5) is 5.82. The molecule has 0 bridgehead atoms. The Morgan fingerprint density at radius 2 is 1.74 bits per heavy atom. The SMILES string of the molecule is CSc1c(-c2ccc(Cl)cc2)ncc2ccccc12. The molecule has 2 aromatic carbocycles. The Morgan fingerprint density at radius 3 is 2.47 bits per heavy atom. The van der Waals surface area contributed by atoms with Gasteiger partial charge >= 0.3 is 0 Å². The molecule has 0 aliphatic rings. The molecule has 1 aromatic heterocycles. The van der Waals surface area contributed by atoms with E-state index in [4.69, 9.17) is 11.6 Å². The number of rotatable bonds is 2. The van der Waals surface area contributed by atoms with Crippen LogP contribution in [0.2, 0.25) is 5.02 Å². The van der Waals surface area contributed by atoms with Crippen molar-refractivity contribution in [3.8, 4) is 11.3 Å². The van der Waals surface area contributed by atoms with E-state index in [1.54, 1.807) is 11.8 Å². The van der Waals surface area contributed by atoms with Crippen molar-refractivity contribution in [1.82, 2.24) is 4.98 Å². The van der Waals surface area contributed by atoms with Crippen molar-refractivity contribution >= 4 is 34.1 Å². The second-order valence-electron chi connectivity index (χ2n) is 4.23. The zero-order chi connectivity index (χ0) is 13.2. The van der Waals surface area contributed by atoms with Gasteiger partial charge in [-0.1, -0.05) is 48.0 Å². The average Bonchev–Trinajstić information content (AvgIpc) is 2.47. The van der Waals surface area contributed by atoms with Gasteiger partial charge in [0.1, 0.15) is 0 Å². The molecule has 3 aromatic rings. The van der Waals surface area contributed by atoms with Crippen LogP contribution in [-0.2, 0) is 0 Å². The zero-order valence-corrected chi connectivity index (χ0v) is 12.0. The standard InChI is InChI=1S/C16H12ClNS/c1-19-16-14-5-3-2-4-12(14)10-18-15(16)11-6-8-13(17)9-7-11/h2-10H,1H3. The predicted octanol–water partition coefficient (Wildman–Crippen LogP) is 5.28. The van der Waals surface area contributed by atoms with E-state index >= 15 is 0 Å². The fourth-order valence-electron chi connectivity index (χ4n) is 2.16. The predicted molar refractivity (Wildman–Crippen MR) is 84.0 cm³/mol. The molecule has 1 nitrogen and oxygen atoms in total. The van der Waals surface area contributed by atoms with Gasteiger partial charge in [0.05, 0.1) is 5.69 Å². The molecule has 0 unspecified atom stereocenters. The fraction of sp³-hybridized carbons (Fsp3) is 0.0625. The quantitative estimate of drug-likeness (QED) is 0.594. The van der Waals surface area contributed by atoms with Gasteiger partial charge in [-0.05, 0) is 23.8 Å². The molecule has 19 heavy (non-hydrogen) atoms. The monoisotopic (exact) mass is 285 g/mol. The molecule has 3 rings (SSSR count). The Morgan fingerprint density at radius 1 is 1.00 bits per heavy atom. The van der Waals surface area contributed by atoms with Gasteiger partial charge in [-0.25, -0.2) is 0 Å². The lowest BCUT2D eigenvalue weighted by Crippen LogP contribution is -1.89. The molecule has 94 valence electrons. The molecular weight excluding hydrogens is 274 g/mol. The van der Waals surface area contributed by atoms with Crippen LogP contribution in [0.1, 0.15) is 0 Å². The van der Waals surface area contributed by atoms with Crippen molar-refractivity contribution in [2.45, 2.75) is 4.90 Å². The lowest BCUT2D eigenvalue weighted by atomic mass is 10.1. The summed E-state index contributed by atoms with van der Waals surface area (Å²) in [6.45, 7) is 0. The summed E-state index contributed by atoms with van der Waals surface area (Å²) < 4.78 is 0. The summed E-state index contributed by atoms with van der Waals surface area (Å²) in [6, 6.07) is 16.2. The van der Waals surface area contributed by atoms with Gasteiger partial charge in [-0.3, -0.25) is 4.98 Å². The second-order valence-corrected chi connectivity index (χ2v) is 5.49. The number of thioether (sulfide) groups is 1. The van der Waals surface area contributed by atoms with E-state index in [-0.39, 0.29) is 0 Å². The van der Waals surface area contributed by atoms with Crippen LogP contribution in [0.3, 0.4) is 0 Å². The van der Waals surface area contributed by atoms with Gasteiger partial charge in [-0.15, -0.1) is 11.8 Å². The summed E-state index contributed by atoms with van der Waals surface area (Å²) in [5.41, 5.74) is 2.11. The number of fused-ring (bicyclic) bond motifs is 1. The Kier molecular flexibility index (Phi) is 3.45. The maximum absolute atomic E-state index is 5.94. The summed E-state index contributed by atoms with van der Waals surface area (Å²) in [5, 5.41) is 3.16. The molecule has 0 saturated carbocycles. The molecule has 0 amide bonds. The molecule has 0 saturated heterocycles. The van der Waals surface area contributed by atoms with Crippen molar-refractivity contribution in [2.24, 2.45) is 0 Å². The highest BCUT2D eigenvalue weighted by Gasteiger charge is 2.10. The van der Waals surface area contributed by atoms with Gasteiger partial charge in [-0.2, -0.15) is 0 Å². The molecule has 0 aliphatic carbocycles. The molecule has 0 aliphatic heterocycles. The molecule has 1 heterocycles. The molecular formula is C16H12ClNS. The van der Waals surface area contributed by atoms with Crippen LogP contribution in [0, 0.1) is 0 Å². The third-order valence-corrected chi connectivity index (χ3v) is 4.15. The third kappa shape index (κ3) is 2.34. The average molecular weight is 286 g/mol. The Balaban J connectivity index is 2.26. The first kappa shape index (κ1) is 12.5. The maximum atomic E-state index is 5.94. The molecule has 0 fully saturated rings. The van der Waals surface area contributed by atoms with Gasteiger partial charge in [0.25, 0.3) is 0 Å². The van der Waals surface area contributed by atoms with E-state index in [0.717, 1.165) is 16.3 Å². The van der Waals surface area contributed by atoms with E-state index in [0.29, 0.717) is 0 Å². The van der Waals surface area contributed by atoms with Crippen molar-refractivity contribution in [3.63, 3.8) is 0 Å². The number of nitrogens with zero attached hydrogens (tertiary/aromatic N) is 1. The number of pyridine rings is 1. The van der Waals surface area contributed by atoms with Crippen molar-refractivity contribution < 1.29 is 0 Å². The van der Waals surface area contributed by atoms with E-state index in [9.17, 15) is 0 Å². The number of halogens is 1. The molecule has 3 heteroatoms. The normalized spacial score (nSPS) is 10.8. The minimum absolute atomic E-state index is 0.746. The van der Waals surface area contributed by atoms with Crippen molar-refractivity contribution in [3.05, 3.63) is 59.8 Å². The fourth-order valence-corrected chi connectivity index (χ4v) is 3.05. The molecule has 0 radical (unpaired) electrons. The van der Waals surface area contributed by atoms with Gasteiger partial charge in [0, 0.05) is 27.1 Å². The van der Waals surface area contributed by atoms with E-state index in [2.05, 4.69) is 29.4 Å². The van der Waals surface area contributed by atoms with Crippen molar-refractivity contribution in [1.29, 1.82) is 0 Å². The van der Waals surface area contributed by atoms with E-state index < -0.39 is 0 Å². The summed E-state index contributed by atoms with van der Waals surface area (Å²) in [6.07, 6.45) is 4.02. The maximum Gasteiger partial charge on any atom is 0.0844 e. The smallest absolute Gasteiger partial charge is 0.0844 e. The summed E-state index contributed by atoms with van der Waals surface area (Å²) in [5.74, 6) is 0. The van der Waals surface area contributed by atoms with Gasteiger partial charge in [0.2, 0.25) is 0 Å². The first-order valence-electron chi connectivity index (χ1n) is 5.97. The molecule has 0 N–H and O–H groups in total. The first-order chi connectivity index (χ1) is 9.29. The highest BCUT2D eigenvalue weighted by Crippen LogP contribution is 2.34. The van der Waals surface area contributed by atoms with Crippen LogP contribution in [-0.4, -0.2) is 11.2 Å². The summed E-state index contributed by atoms with van der Waals surface area (Å²) >= 11 is 7.67. The topological polar surface area (TPSA) is 12.9 Å². The number of hydrogen-bond acceptors (Lipinski definition) is 2. The Bertz CT molecular complexity index is 722. The number of benzene rings is 2. The first-order valence-corrected chi connectivity index (χ1v) is 7.57. The Labute approximate surface area is 121 Å². The second kappa shape index (κ2) is 5.24. The lowest BCUT2D eigenvalue weighted by Gasteiger charge is -2.10. The van der Waals surface area contributed by atoms with Crippen LogP contribution >= 0.6 is 23.4 Å². The summed E-state index contributed by atoms with van der Waals surface area (Å²) in [7, 11) is 0. The molecule has 0 spiro atoms. The molecule has 0 atom stereocenters. The minimum atomic E-state index is 0.746. The Hall–Kier alpha value is -1.51. The number of aromatic nitrogens is 1. The van der Waals surface area contributed by atoms with E-state index in [1.807, 2.05) is 36.5 Å². The van der Waals surface area contributed by atoms with Crippen LogP contribution in [0.5, 0.6) is 0 Å². The highest BCUT2D eigenvalue weighted by molar-refractivity contribution is 7.99. The lowest BCUT2D eigenvalue weighted by molar-refractivity contribution is 1.29. The van der Waals surface area contributed by atoms with Crippen LogP contribution < -0.4 is 0 Å². The minimum Gasteiger partial charge on any atom is -0.254 e. The van der Waals surface area contributed by atoms with Crippen LogP contribution in [0.25, 0.3) is 22.0 Å². The number of hydrogen-bond donors (Lipinski definition) is 0. The van der Waals surface area contributed by atoms with Gasteiger partial charge < -0.3 is 0 Å². The highest BCUT2D eigenvalue weighted by atomic mass is 35.5. The third-order valence-electron chi connectivity index (χ3n) is 3.08. The van der Waals surface area contributed by atoms with Crippen LogP contribution in [0.15, 0.2) is 59.6 Å². The zero-order valence-electron chi connectivity index (χ0n) is 10.4. The largest absolute Gasteiger partial charge is 0.254 e. The van der Waals surface area contributed by atoms with Gasteiger partial charge in [0.15, 0.2) is 0 Å².